The molecule has 3 N–H and O–H groups in total. The first-order valence-corrected chi connectivity index (χ1v) is 8.51. The van der Waals surface area contributed by atoms with Crippen molar-refractivity contribution in [3.63, 3.8) is 0 Å². The van der Waals surface area contributed by atoms with Crippen LogP contribution in [0, 0.1) is 0 Å². The van der Waals surface area contributed by atoms with Crippen LogP contribution in [-0.4, -0.2) is 19.5 Å². The first-order chi connectivity index (χ1) is 11.7. The molecule has 0 aliphatic heterocycles. The Morgan fingerprint density at radius 3 is 2.71 bits per heavy atom. The Labute approximate surface area is 140 Å². The van der Waals surface area contributed by atoms with Crippen LogP contribution < -0.4 is 11.3 Å². The van der Waals surface area contributed by atoms with Gasteiger partial charge in [-0.05, 0) is 31.4 Å². The van der Waals surface area contributed by atoms with E-state index in [2.05, 4.69) is 40.2 Å². The molecule has 3 aromatic rings. The van der Waals surface area contributed by atoms with Crippen molar-refractivity contribution in [1.82, 2.24) is 19.5 Å². The van der Waals surface area contributed by atoms with Gasteiger partial charge >= 0.3 is 0 Å². The van der Waals surface area contributed by atoms with Crippen molar-refractivity contribution >= 4 is 16.9 Å². The summed E-state index contributed by atoms with van der Waals surface area (Å²) in [5, 5.41) is 0. The predicted octanol–water partition coefficient (Wildman–Crippen LogP) is 2.80. The number of rotatable bonds is 4. The summed E-state index contributed by atoms with van der Waals surface area (Å²) in [5.41, 5.74) is 6.03. The summed E-state index contributed by atoms with van der Waals surface area (Å²) in [6, 6.07) is 10.3. The highest BCUT2D eigenvalue weighted by atomic mass is 15.3. The van der Waals surface area contributed by atoms with E-state index in [1.165, 1.54) is 18.4 Å². The number of hydrogen-bond acceptors (Lipinski definition) is 5. The van der Waals surface area contributed by atoms with Crippen molar-refractivity contribution in [2.45, 2.75) is 37.0 Å². The molecule has 0 saturated heterocycles. The third-order valence-electron chi connectivity index (χ3n) is 5.18. The number of para-hydroxylation sites is 2. The van der Waals surface area contributed by atoms with Crippen molar-refractivity contribution < 1.29 is 0 Å². The van der Waals surface area contributed by atoms with Gasteiger partial charge in [0.25, 0.3) is 0 Å². The van der Waals surface area contributed by atoms with Gasteiger partial charge in [-0.3, -0.25) is 0 Å². The summed E-state index contributed by atoms with van der Waals surface area (Å²) >= 11 is 0. The lowest BCUT2D eigenvalue weighted by atomic mass is 10.2. The molecule has 0 radical (unpaired) electrons. The predicted molar refractivity (Wildman–Crippen MR) is 92.6 cm³/mol. The van der Waals surface area contributed by atoms with Crippen LogP contribution in [0.15, 0.2) is 30.3 Å². The van der Waals surface area contributed by atoms with Crippen LogP contribution in [0.2, 0.25) is 0 Å². The number of benzene rings is 1. The van der Waals surface area contributed by atoms with E-state index in [1.807, 2.05) is 12.1 Å². The van der Waals surface area contributed by atoms with Crippen LogP contribution >= 0.6 is 0 Å². The van der Waals surface area contributed by atoms with Gasteiger partial charge in [0.2, 0.25) is 0 Å². The van der Waals surface area contributed by atoms with Gasteiger partial charge in [-0.2, -0.15) is 0 Å². The molecule has 2 saturated carbocycles. The van der Waals surface area contributed by atoms with E-state index in [1.54, 1.807) is 0 Å². The lowest BCUT2D eigenvalue weighted by molar-refractivity contribution is 0.790. The zero-order chi connectivity index (χ0) is 16.3. The molecule has 0 unspecified atom stereocenters. The van der Waals surface area contributed by atoms with Crippen molar-refractivity contribution in [2.24, 2.45) is 12.9 Å². The average molecular weight is 320 g/mol. The van der Waals surface area contributed by atoms with Gasteiger partial charge in [-0.15, -0.1) is 0 Å². The van der Waals surface area contributed by atoms with Gasteiger partial charge < -0.3 is 9.99 Å². The number of fused-ring (bicyclic) bond motifs is 1. The minimum Gasteiger partial charge on any atom is -0.331 e. The Kier molecular flexibility index (Phi) is 2.91. The standard InChI is InChI=1S/C18H20N6/c1-24-15-5-3-2-4-13(15)21-18(24)12-8-11(12)14-9-16(23-19)22-17(20-14)10-6-7-10/h2-5,9-12H,6-8,19H2,1H3,(H,20,22,23)/t11-,12-/m1/s1. The summed E-state index contributed by atoms with van der Waals surface area (Å²) in [7, 11) is 2.10. The normalized spacial score (nSPS) is 22.8. The lowest BCUT2D eigenvalue weighted by Crippen LogP contribution is -2.11. The van der Waals surface area contributed by atoms with Gasteiger partial charge in [0.05, 0.1) is 16.7 Å². The van der Waals surface area contributed by atoms with Crippen molar-refractivity contribution in [3.05, 3.63) is 47.7 Å². The monoisotopic (exact) mass is 320 g/mol. The fourth-order valence-electron chi connectivity index (χ4n) is 3.58. The molecule has 1 aromatic carbocycles. The number of nitrogen functional groups attached to an aromatic ring is 1. The maximum atomic E-state index is 5.59. The highest BCUT2D eigenvalue weighted by Crippen LogP contribution is 2.54. The van der Waals surface area contributed by atoms with Gasteiger partial charge in [-0.1, -0.05) is 12.1 Å². The Bertz CT molecular complexity index is 926. The molecule has 2 atom stereocenters. The summed E-state index contributed by atoms with van der Waals surface area (Å²) in [4.78, 5) is 14.2. The molecule has 0 amide bonds. The molecule has 2 heterocycles. The fourth-order valence-corrected chi connectivity index (χ4v) is 3.58. The number of anilines is 1. The van der Waals surface area contributed by atoms with Crippen LogP contribution in [0.3, 0.4) is 0 Å². The molecule has 5 rings (SSSR count). The zero-order valence-electron chi connectivity index (χ0n) is 13.6. The SMILES string of the molecule is Cn1c([C@@H]2C[C@H]2c2cc(NN)nc(C3CC3)n2)nc2ccccc21. The highest BCUT2D eigenvalue weighted by Gasteiger charge is 2.44. The van der Waals surface area contributed by atoms with Gasteiger partial charge in [-0.25, -0.2) is 20.8 Å². The zero-order valence-corrected chi connectivity index (χ0v) is 13.6. The Hall–Kier alpha value is -2.47. The molecule has 2 aromatic heterocycles. The smallest absolute Gasteiger partial charge is 0.143 e. The summed E-state index contributed by atoms with van der Waals surface area (Å²) in [6.45, 7) is 0. The second-order valence-corrected chi connectivity index (χ2v) is 6.92. The average Bonchev–Trinajstić information content (AvgIpc) is 3.53. The lowest BCUT2D eigenvalue weighted by Gasteiger charge is -2.07. The Balaban J connectivity index is 1.49. The maximum absolute atomic E-state index is 5.59. The van der Waals surface area contributed by atoms with E-state index in [4.69, 9.17) is 15.8 Å². The summed E-state index contributed by atoms with van der Waals surface area (Å²) < 4.78 is 2.21. The Morgan fingerprint density at radius 1 is 1.12 bits per heavy atom. The highest BCUT2D eigenvalue weighted by molar-refractivity contribution is 5.76. The molecular formula is C18H20N6. The maximum Gasteiger partial charge on any atom is 0.143 e. The third kappa shape index (κ3) is 2.17. The van der Waals surface area contributed by atoms with E-state index in [0.717, 1.165) is 35.1 Å². The van der Waals surface area contributed by atoms with Crippen LogP contribution in [0.1, 0.15) is 54.4 Å². The molecule has 2 fully saturated rings. The molecule has 122 valence electrons. The first-order valence-electron chi connectivity index (χ1n) is 8.51. The quantitative estimate of drug-likeness (QED) is 0.570. The molecule has 2 aliphatic carbocycles. The van der Waals surface area contributed by atoms with Crippen LogP contribution in [0.4, 0.5) is 5.82 Å². The molecule has 6 heteroatoms. The second kappa shape index (κ2) is 5.01. The fraction of sp³-hybridized carbons (Fsp3) is 0.389. The number of nitrogens with one attached hydrogen (secondary N) is 1. The van der Waals surface area contributed by atoms with E-state index >= 15 is 0 Å². The molecule has 2 aliphatic rings. The van der Waals surface area contributed by atoms with Crippen LogP contribution in [0.5, 0.6) is 0 Å². The molecule has 0 bridgehead atoms. The number of aryl methyl sites for hydroxylation is 1. The van der Waals surface area contributed by atoms with Gasteiger partial charge in [0.15, 0.2) is 0 Å². The van der Waals surface area contributed by atoms with E-state index in [-0.39, 0.29) is 0 Å². The van der Waals surface area contributed by atoms with Crippen molar-refractivity contribution in [2.75, 3.05) is 5.43 Å². The summed E-state index contributed by atoms with van der Waals surface area (Å²) in [5.74, 6) is 9.76. The van der Waals surface area contributed by atoms with Crippen LogP contribution in [-0.2, 0) is 7.05 Å². The molecule has 6 nitrogen and oxygen atoms in total. The number of nitrogens with two attached hydrogens (primary N) is 1. The molecular weight excluding hydrogens is 300 g/mol. The number of imidazole rings is 1. The number of hydrogen-bond donors (Lipinski definition) is 2. The van der Waals surface area contributed by atoms with Gasteiger partial charge in [0, 0.05) is 30.9 Å². The van der Waals surface area contributed by atoms with E-state index < -0.39 is 0 Å². The Morgan fingerprint density at radius 2 is 1.96 bits per heavy atom. The largest absolute Gasteiger partial charge is 0.331 e. The van der Waals surface area contributed by atoms with E-state index in [0.29, 0.717) is 17.8 Å². The minimum atomic E-state index is 0.410. The van der Waals surface area contributed by atoms with Gasteiger partial charge in [0.1, 0.15) is 17.5 Å². The van der Waals surface area contributed by atoms with E-state index in [9.17, 15) is 0 Å². The first kappa shape index (κ1) is 13.9. The number of hydrazine groups is 1. The second-order valence-electron chi connectivity index (χ2n) is 6.92. The topological polar surface area (TPSA) is 81.7 Å². The molecule has 0 spiro atoms. The third-order valence-corrected chi connectivity index (χ3v) is 5.18. The molecule has 24 heavy (non-hydrogen) atoms. The number of nitrogens with zero attached hydrogens (tertiary/aromatic N) is 4. The van der Waals surface area contributed by atoms with Crippen molar-refractivity contribution in [3.8, 4) is 0 Å². The van der Waals surface area contributed by atoms with Crippen molar-refractivity contribution in [1.29, 1.82) is 0 Å². The number of aromatic nitrogens is 4. The summed E-state index contributed by atoms with van der Waals surface area (Å²) in [6.07, 6.45) is 3.46. The van der Waals surface area contributed by atoms with Crippen LogP contribution in [0.25, 0.3) is 11.0 Å². The minimum absolute atomic E-state index is 0.410.